The molecule has 14 nitrogen and oxygen atoms in total. The molecule has 0 saturated carbocycles. The van der Waals surface area contributed by atoms with Gasteiger partial charge in [-0.25, -0.2) is 0 Å². The number of aliphatic hydroxyl groups excluding tert-OH is 8. The van der Waals surface area contributed by atoms with Crippen molar-refractivity contribution in [3.8, 4) is 0 Å². The maximum absolute atomic E-state index is 13.3. The van der Waals surface area contributed by atoms with Crippen LogP contribution in [0.15, 0.2) is 60.8 Å². The van der Waals surface area contributed by atoms with E-state index in [0.29, 0.717) is 12.8 Å². The summed E-state index contributed by atoms with van der Waals surface area (Å²) in [5.74, 6) is -0.218. The summed E-state index contributed by atoms with van der Waals surface area (Å²) in [5.41, 5.74) is 0. The molecule has 0 aliphatic carbocycles. The fourth-order valence-electron chi connectivity index (χ4n) is 9.85. The van der Waals surface area contributed by atoms with Crippen LogP contribution in [0.4, 0.5) is 0 Å². The molecule has 2 aliphatic rings. The molecular formula is C62H111NO13. The standard InChI is InChI=1S/C62H111NO13/c1-3-5-7-9-11-13-15-17-19-21-23-24-25-26-28-30-32-34-36-38-40-42-44-46-54(67)63-50(51(66)45-43-41-39-37-35-33-31-29-27-22-20-18-16-14-12-10-8-6-4-2)49-73-61-59(72)57(70)60(53(48-65)75-61)76-62-58(71)56(69)55(68)52(47-64)74-62/h5,7,11,13,17,19,23-24,26,28,50-53,55-62,64-66,68-72H,3-4,6,8-10,12,14-16,18,20-22,25,27,29-49H2,1-2H3,(H,63,67)/b7-5-,13-11-,19-17-,24-23-,28-26-. The zero-order valence-electron chi connectivity index (χ0n) is 47.5. The maximum Gasteiger partial charge on any atom is 0.220 e. The Balaban J connectivity index is 1.75. The number of ether oxygens (including phenoxy) is 4. The molecule has 2 aliphatic heterocycles. The third-order valence-electron chi connectivity index (χ3n) is 14.7. The molecule has 0 aromatic rings. The first kappa shape index (κ1) is 69.8. The highest BCUT2D eigenvalue weighted by atomic mass is 16.7. The molecule has 76 heavy (non-hydrogen) atoms. The van der Waals surface area contributed by atoms with Crippen LogP contribution in [0.1, 0.15) is 232 Å². The van der Waals surface area contributed by atoms with Gasteiger partial charge in [0.25, 0.3) is 0 Å². The molecule has 442 valence electrons. The van der Waals surface area contributed by atoms with Crippen molar-refractivity contribution >= 4 is 5.91 Å². The molecule has 2 fully saturated rings. The van der Waals surface area contributed by atoms with Gasteiger partial charge in [0.2, 0.25) is 5.91 Å². The van der Waals surface area contributed by atoms with Crippen molar-refractivity contribution in [2.24, 2.45) is 0 Å². The number of nitrogens with one attached hydrogen (secondary N) is 1. The van der Waals surface area contributed by atoms with Crippen molar-refractivity contribution in [3.05, 3.63) is 60.8 Å². The first-order valence-corrected chi connectivity index (χ1v) is 30.5. The first-order valence-electron chi connectivity index (χ1n) is 30.5. The Bertz CT molecular complexity index is 1510. The summed E-state index contributed by atoms with van der Waals surface area (Å²) in [4.78, 5) is 13.3. The average Bonchev–Trinajstić information content (AvgIpc) is 3.42. The van der Waals surface area contributed by atoms with Crippen LogP contribution >= 0.6 is 0 Å². The molecule has 0 radical (unpaired) electrons. The molecule has 14 heteroatoms. The highest BCUT2D eigenvalue weighted by Gasteiger charge is 2.51. The molecule has 9 N–H and O–H groups in total. The Kier molecular flexibility index (Phi) is 43.6. The van der Waals surface area contributed by atoms with Crippen LogP contribution in [-0.2, 0) is 23.7 Å². The summed E-state index contributed by atoms with van der Waals surface area (Å²) in [6.07, 6.45) is 43.5. The van der Waals surface area contributed by atoms with Crippen molar-refractivity contribution < 1.29 is 64.6 Å². The Hall–Kier alpha value is -2.31. The molecule has 12 atom stereocenters. The number of hydrogen-bond donors (Lipinski definition) is 9. The third-order valence-corrected chi connectivity index (χ3v) is 14.7. The zero-order chi connectivity index (χ0) is 55.3. The number of aliphatic hydroxyl groups is 8. The van der Waals surface area contributed by atoms with Gasteiger partial charge in [0.15, 0.2) is 12.6 Å². The van der Waals surface area contributed by atoms with Crippen molar-refractivity contribution in [3.63, 3.8) is 0 Å². The number of amides is 1. The minimum absolute atomic E-state index is 0.218. The van der Waals surface area contributed by atoms with Crippen LogP contribution in [0.3, 0.4) is 0 Å². The molecular weight excluding hydrogens is 967 g/mol. The van der Waals surface area contributed by atoms with E-state index >= 15 is 0 Å². The molecule has 12 unspecified atom stereocenters. The number of allylic oxidation sites excluding steroid dienone is 10. The topological polar surface area (TPSA) is 228 Å². The minimum Gasteiger partial charge on any atom is -0.394 e. The quantitative estimate of drug-likeness (QED) is 0.0204. The van der Waals surface area contributed by atoms with E-state index in [1.165, 1.54) is 103 Å². The van der Waals surface area contributed by atoms with Crippen molar-refractivity contribution in [1.82, 2.24) is 5.32 Å². The lowest BCUT2D eigenvalue weighted by atomic mass is 9.97. The van der Waals surface area contributed by atoms with E-state index in [4.69, 9.17) is 18.9 Å². The van der Waals surface area contributed by atoms with E-state index < -0.39 is 86.8 Å². The van der Waals surface area contributed by atoms with Crippen LogP contribution in [0.2, 0.25) is 0 Å². The van der Waals surface area contributed by atoms with E-state index in [1.807, 2.05) is 0 Å². The van der Waals surface area contributed by atoms with Gasteiger partial charge < -0.3 is 65.1 Å². The Morgan fingerprint density at radius 2 is 0.908 bits per heavy atom. The van der Waals surface area contributed by atoms with Crippen molar-refractivity contribution in [2.75, 3.05) is 19.8 Å². The summed E-state index contributed by atoms with van der Waals surface area (Å²) >= 11 is 0. The molecule has 1 amide bonds. The molecule has 0 bridgehead atoms. The second-order valence-electron chi connectivity index (χ2n) is 21.5. The van der Waals surface area contributed by atoms with Crippen molar-refractivity contribution in [1.29, 1.82) is 0 Å². The highest BCUT2D eigenvalue weighted by Crippen LogP contribution is 2.30. The predicted octanol–water partition coefficient (Wildman–Crippen LogP) is 10.6. The Morgan fingerprint density at radius 1 is 0.487 bits per heavy atom. The summed E-state index contributed by atoms with van der Waals surface area (Å²) in [7, 11) is 0. The molecule has 0 aromatic carbocycles. The smallest absolute Gasteiger partial charge is 0.220 e. The predicted molar refractivity (Wildman–Crippen MR) is 304 cm³/mol. The van der Waals surface area contributed by atoms with Crippen molar-refractivity contribution in [2.45, 2.75) is 306 Å². The maximum atomic E-state index is 13.3. The van der Waals surface area contributed by atoms with Gasteiger partial charge in [0.1, 0.15) is 48.8 Å². The number of hydrogen-bond acceptors (Lipinski definition) is 13. The molecule has 2 saturated heterocycles. The second kappa shape index (κ2) is 47.5. The van der Waals surface area contributed by atoms with Crippen LogP contribution in [0.5, 0.6) is 0 Å². The van der Waals surface area contributed by atoms with Crippen LogP contribution in [-0.4, -0.2) is 140 Å². The van der Waals surface area contributed by atoms with Gasteiger partial charge in [0, 0.05) is 6.42 Å². The van der Waals surface area contributed by atoms with Crippen LogP contribution in [0.25, 0.3) is 0 Å². The van der Waals surface area contributed by atoms with Gasteiger partial charge >= 0.3 is 0 Å². The zero-order valence-corrected chi connectivity index (χ0v) is 47.5. The summed E-state index contributed by atoms with van der Waals surface area (Å²) < 4.78 is 22.8. The van der Waals surface area contributed by atoms with Gasteiger partial charge in [-0.2, -0.15) is 0 Å². The van der Waals surface area contributed by atoms with Gasteiger partial charge in [-0.05, 0) is 57.8 Å². The van der Waals surface area contributed by atoms with E-state index in [2.05, 4.69) is 79.9 Å². The lowest BCUT2D eigenvalue weighted by Crippen LogP contribution is -2.65. The number of unbranched alkanes of at least 4 members (excludes halogenated alkanes) is 25. The molecule has 2 heterocycles. The fourth-order valence-corrected chi connectivity index (χ4v) is 9.85. The third kappa shape index (κ3) is 32.7. The van der Waals surface area contributed by atoms with Gasteiger partial charge in [-0.15, -0.1) is 0 Å². The number of rotatable bonds is 48. The van der Waals surface area contributed by atoms with Crippen LogP contribution in [0, 0.1) is 0 Å². The fraction of sp³-hybridized carbons (Fsp3) is 0.823. The SMILES string of the molecule is CC/C=C\C/C=C\C/C=C\C/C=C\C/C=C\CCCCCCCCCC(=O)NC(COC1OC(CO)C(OC2OC(CO)C(O)C(O)C2O)C(O)C1O)C(O)CCCCCCCCCCCCCCCCCCCCC. The largest absolute Gasteiger partial charge is 0.394 e. The summed E-state index contributed by atoms with van der Waals surface area (Å²) in [6.45, 7) is 2.75. The normalized spacial score (nSPS) is 25.3. The molecule has 0 aromatic heterocycles. The summed E-state index contributed by atoms with van der Waals surface area (Å²) in [5, 5.41) is 87.3. The monoisotopic (exact) mass is 1080 g/mol. The summed E-state index contributed by atoms with van der Waals surface area (Å²) in [6, 6.07) is -0.838. The Morgan fingerprint density at radius 3 is 1.39 bits per heavy atom. The molecule has 0 spiro atoms. The van der Waals surface area contributed by atoms with E-state index in [9.17, 15) is 45.6 Å². The lowest BCUT2D eigenvalue weighted by molar-refractivity contribution is -0.359. The number of carbonyl (C=O) groups is 1. The number of carbonyl (C=O) groups excluding carboxylic acids is 1. The minimum atomic E-state index is -1.79. The first-order chi connectivity index (χ1) is 37.1. The van der Waals surface area contributed by atoms with Gasteiger partial charge in [-0.3, -0.25) is 4.79 Å². The molecule has 2 rings (SSSR count). The van der Waals surface area contributed by atoms with E-state index in [1.54, 1.807) is 0 Å². The van der Waals surface area contributed by atoms with E-state index in [-0.39, 0.29) is 18.9 Å². The van der Waals surface area contributed by atoms with Gasteiger partial charge in [0.05, 0.1) is 32.0 Å². The average molecular weight is 1080 g/mol. The van der Waals surface area contributed by atoms with Crippen LogP contribution < -0.4 is 5.32 Å². The van der Waals surface area contributed by atoms with Gasteiger partial charge in [-0.1, -0.05) is 229 Å². The highest BCUT2D eigenvalue weighted by molar-refractivity contribution is 5.76. The lowest BCUT2D eigenvalue weighted by Gasteiger charge is -2.46. The second-order valence-corrected chi connectivity index (χ2v) is 21.5. The Labute approximate surface area is 460 Å². The van der Waals surface area contributed by atoms with E-state index in [0.717, 1.165) is 96.3 Å².